The van der Waals surface area contributed by atoms with Gasteiger partial charge in [0.1, 0.15) is 5.56 Å². The van der Waals surface area contributed by atoms with Crippen LogP contribution in [0.5, 0.6) is 5.88 Å². The van der Waals surface area contributed by atoms with E-state index >= 15 is 0 Å². The van der Waals surface area contributed by atoms with Crippen LogP contribution in [0.2, 0.25) is 0 Å². The lowest BCUT2D eigenvalue weighted by Crippen LogP contribution is -2.31. The van der Waals surface area contributed by atoms with Gasteiger partial charge in [0, 0.05) is 17.8 Å². The molecular formula is C21H15N5O4. The molecule has 0 atom stereocenters. The lowest BCUT2D eigenvalue weighted by atomic mass is 10.1. The number of nitrogens with zero attached hydrogens (tertiary/aromatic N) is 3. The number of carbonyl (C=O) groups is 1. The van der Waals surface area contributed by atoms with Crippen molar-refractivity contribution >= 4 is 22.9 Å². The first-order valence-electron chi connectivity index (χ1n) is 8.86. The average molecular weight is 401 g/mol. The molecule has 0 bridgehead atoms. The molecule has 0 saturated heterocycles. The third-order valence-corrected chi connectivity index (χ3v) is 4.41. The number of H-pyrrole nitrogens is 1. The lowest BCUT2D eigenvalue weighted by Gasteiger charge is -2.12. The molecule has 0 aliphatic carbocycles. The van der Waals surface area contributed by atoms with Crippen molar-refractivity contribution in [3.63, 3.8) is 0 Å². The van der Waals surface area contributed by atoms with Gasteiger partial charge in [0.15, 0.2) is 0 Å². The van der Waals surface area contributed by atoms with Gasteiger partial charge in [-0.15, -0.1) is 0 Å². The largest absolute Gasteiger partial charge is 0.493 e. The zero-order chi connectivity index (χ0) is 21.1. The Kier molecular flexibility index (Phi) is 4.92. The monoisotopic (exact) mass is 401 g/mol. The minimum atomic E-state index is -0.839. The van der Waals surface area contributed by atoms with E-state index in [0.29, 0.717) is 11.1 Å². The summed E-state index contributed by atoms with van der Waals surface area (Å²) in [5.74, 6) is -1.14. The van der Waals surface area contributed by atoms with Gasteiger partial charge in [-0.25, -0.2) is 14.8 Å². The van der Waals surface area contributed by atoms with Crippen molar-refractivity contribution in [2.45, 2.75) is 0 Å². The number of aromatic amines is 1. The third-order valence-electron chi connectivity index (χ3n) is 4.41. The molecule has 2 heterocycles. The van der Waals surface area contributed by atoms with Crippen molar-refractivity contribution < 1.29 is 9.90 Å². The van der Waals surface area contributed by atoms with Crippen LogP contribution in [0.15, 0.2) is 81.7 Å². The van der Waals surface area contributed by atoms with Gasteiger partial charge in [0.25, 0.3) is 11.5 Å². The topological polar surface area (TPSA) is 129 Å². The van der Waals surface area contributed by atoms with E-state index in [4.69, 9.17) is 0 Å². The Morgan fingerprint density at radius 2 is 1.90 bits per heavy atom. The molecule has 0 aliphatic rings. The van der Waals surface area contributed by atoms with Crippen molar-refractivity contribution in [2.75, 3.05) is 0 Å². The Bertz CT molecular complexity index is 1380. The summed E-state index contributed by atoms with van der Waals surface area (Å²) in [5, 5.41) is 16.0. The van der Waals surface area contributed by atoms with E-state index in [1.165, 1.54) is 12.4 Å². The molecule has 4 aromatic rings. The van der Waals surface area contributed by atoms with Crippen LogP contribution in [0, 0.1) is 0 Å². The van der Waals surface area contributed by atoms with Crippen molar-refractivity contribution in [3.05, 3.63) is 99.0 Å². The molecule has 0 aliphatic heterocycles. The second-order valence-electron chi connectivity index (χ2n) is 6.27. The molecule has 30 heavy (non-hydrogen) atoms. The molecule has 1 amide bonds. The minimum Gasteiger partial charge on any atom is -0.493 e. The molecule has 0 saturated carbocycles. The van der Waals surface area contributed by atoms with E-state index in [-0.39, 0.29) is 11.1 Å². The van der Waals surface area contributed by atoms with E-state index in [9.17, 15) is 19.5 Å². The summed E-state index contributed by atoms with van der Waals surface area (Å²) in [7, 11) is 0. The van der Waals surface area contributed by atoms with Crippen molar-refractivity contribution in [1.82, 2.24) is 20.0 Å². The fourth-order valence-electron chi connectivity index (χ4n) is 3.00. The van der Waals surface area contributed by atoms with Crippen LogP contribution in [0.25, 0.3) is 16.5 Å². The predicted molar refractivity (Wildman–Crippen MR) is 111 cm³/mol. The molecule has 2 aromatic heterocycles. The van der Waals surface area contributed by atoms with Gasteiger partial charge in [0.2, 0.25) is 5.88 Å². The highest BCUT2D eigenvalue weighted by Gasteiger charge is 2.16. The maximum absolute atomic E-state index is 12.5. The summed E-state index contributed by atoms with van der Waals surface area (Å²) >= 11 is 0. The van der Waals surface area contributed by atoms with Gasteiger partial charge < -0.3 is 5.11 Å². The van der Waals surface area contributed by atoms with Gasteiger partial charge in [-0.1, -0.05) is 36.4 Å². The zero-order valence-corrected chi connectivity index (χ0v) is 15.4. The first kappa shape index (κ1) is 18.8. The molecule has 148 valence electrons. The van der Waals surface area contributed by atoms with E-state index in [1.807, 2.05) is 18.2 Å². The Morgan fingerprint density at radius 3 is 2.70 bits per heavy atom. The molecule has 9 nitrogen and oxygen atoms in total. The Balaban J connectivity index is 1.75. The smallest absolute Gasteiger partial charge is 0.335 e. The van der Waals surface area contributed by atoms with Crippen LogP contribution in [0.4, 0.5) is 0 Å². The second-order valence-corrected chi connectivity index (χ2v) is 6.27. The Labute approximate surface area is 169 Å². The maximum Gasteiger partial charge on any atom is 0.335 e. The van der Waals surface area contributed by atoms with Crippen LogP contribution < -0.4 is 16.7 Å². The third kappa shape index (κ3) is 3.47. The molecular weight excluding hydrogens is 386 g/mol. The molecule has 9 heteroatoms. The number of benzene rings is 2. The number of fused-ring (bicyclic) bond motifs is 1. The number of carbonyl (C=O) groups excluding carboxylic acids is 1. The van der Waals surface area contributed by atoms with Crippen LogP contribution in [0.3, 0.4) is 0 Å². The molecule has 0 unspecified atom stereocenters. The van der Waals surface area contributed by atoms with Gasteiger partial charge in [0.05, 0.1) is 17.5 Å². The van der Waals surface area contributed by atoms with Gasteiger partial charge in [-0.3, -0.25) is 19.6 Å². The summed E-state index contributed by atoms with van der Waals surface area (Å²) in [5.41, 5.74) is 0.983. The predicted octanol–water partition coefficient (Wildman–Crippen LogP) is 1.54. The molecule has 3 N–H and O–H groups in total. The van der Waals surface area contributed by atoms with Crippen LogP contribution in [0.1, 0.15) is 15.9 Å². The standard InChI is InChI=1S/C21H15N5O4/c27-18(14-7-4-10-22-11-14)25-23-12-16-19(28)24-21(30)26(20(16)29)17-9-3-6-13-5-1-2-8-15(13)17/h1-12,29H,(H,25,27)(H,24,28,30). The van der Waals surface area contributed by atoms with Gasteiger partial charge in [-0.2, -0.15) is 5.10 Å². The number of aromatic nitrogens is 3. The van der Waals surface area contributed by atoms with Crippen molar-refractivity contribution in [2.24, 2.45) is 5.10 Å². The second kappa shape index (κ2) is 7.84. The Hall–Kier alpha value is -4.53. The highest BCUT2D eigenvalue weighted by atomic mass is 16.3. The minimum absolute atomic E-state index is 0.272. The number of hydrogen-bond acceptors (Lipinski definition) is 6. The molecule has 0 radical (unpaired) electrons. The average Bonchev–Trinajstić information content (AvgIpc) is 2.76. The summed E-state index contributed by atoms with van der Waals surface area (Å²) in [6.07, 6.45) is 3.85. The number of amides is 1. The van der Waals surface area contributed by atoms with E-state index in [0.717, 1.165) is 16.2 Å². The zero-order valence-electron chi connectivity index (χ0n) is 15.4. The van der Waals surface area contributed by atoms with Crippen LogP contribution in [-0.4, -0.2) is 31.8 Å². The van der Waals surface area contributed by atoms with E-state index in [1.54, 1.807) is 36.4 Å². The summed E-state index contributed by atoms with van der Waals surface area (Å²) in [4.78, 5) is 42.7. The number of rotatable bonds is 4. The lowest BCUT2D eigenvalue weighted by molar-refractivity contribution is 0.0954. The summed E-state index contributed by atoms with van der Waals surface area (Å²) < 4.78 is 0.980. The Morgan fingerprint density at radius 1 is 1.10 bits per heavy atom. The van der Waals surface area contributed by atoms with Gasteiger partial charge >= 0.3 is 5.69 Å². The number of hydrogen-bond donors (Lipinski definition) is 3. The number of pyridine rings is 1. The fraction of sp³-hybridized carbons (Fsp3) is 0. The molecule has 0 fully saturated rings. The number of hydrazone groups is 1. The van der Waals surface area contributed by atoms with Crippen molar-refractivity contribution in [1.29, 1.82) is 0 Å². The fourth-order valence-corrected chi connectivity index (χ4v) is 3.00. The number of nitrogens with one attached hydrogen (secondary N) is 2. The summed E-state index contributed by atoms with van der Waals surface area (Å²) in [6.45, 7) is 0. The number of aromatic hydroxyl groups is 1. The maximum atomic E-state index is 12.5. The quantitative estimate of drug-likeness (QED) is 0.353. The van der Waals surface area contributed by atoms with E-state index < -0.39 is 23.0 Å². The molecule has 2 aromatic carbocycles. The SMILES string of the molecule is O=C(NN=Cc1c(O)n(-c2cccc3ccccc23)c(=O)[nH]c1=O)c1cccnc1. The highest BCUT2D eigenvalue weighted by Crippen LogP contribution is 2.24. The van der Waals surface area contributed by atoms with E-state index in [2.05, 4.69) is 20.5 Å². The van der Waals surface area contributed by atoms with Crippen LogP contribution in [-0.2, 0) is 0 Å². The van der Waals surface area contributed by atoms with Crippen LogP contribution >= 0.6 is 0 Å². The van der Waals surface area contributed by atoms with Crippen molar-refractivity contribution in [3.8, 4) is 11.6 Å². The molecule has 0 spiro atoms. The first-order valence-corrected chi connectivity index (χ1v) is 8.86. The normalized spacial score (nSPS) is 11.1. The molecule has 4 rings (SSSR count). The van der Waals surface area contributed by atoms with Gasteiger partial charge in [-0.05, 0) is 23.6 Å². The summed E-state index contributed by atoms with van der Waals surface area (Å²) in [6, 6.07) is 15.7. The highest BCUT2D eigenvalue weighted by molar-refractivity contribution is 5.95. The first-order chi connectivity index (χ1) is 14.6.